The average Bonchev–Trinajstić information content (AvgIpc) is 2.58. The first-order valence-corrected chi connectivity index (χ1v) is 8.36. The number of hydrogen-bond donors (Lipinski definition) is 0. The molecule has 126 valence electrons. The molecular weight excluding hydrogens is 288 g/mol. The van der Waals surface area contributed by atoms with E-state index in [-0.39, 0.29) is 11.8 Å². The Labute approximate surface area is 139 Å². The predicted octanol–water partition coefficient (Wildman–Crippen LogP) is 3.20. The molecule has 0 aliphatic rings. The molecule has 0 unspecified atom stereocenters. The molecule has 1 aromatic carbocycles. The van der Waals surface area contributed by atoms with Crippen molar-refractivity contribution >= 4 is 17.4 Å². The Kier molecular flexibility index (Phi) is 7.52. The van der Waals surface area contributed by atoms with Gasteiger partial charge in [-0.2, -0.15) is 0 Å². The lowest BCUT2D eigenvalue weighted by Gasteiger charge is -2.24. The summed E-state index contributed by atoms with van der Waals surface area (Å²) in [6, 6.07) is 9.45. The summed E-state index contributed by atoms with van der Waals surface area (Å²) in [5.41, 5.74) is 1.81. The number of likely N-dealkylation sites (N-methyl/N-ethyl adjacent to an activating group) is 2. The molecule has 0 spiro atoms. The third-order valence-electron chi connectivity index (χ3n) is 4.07. The van der Waals surface area contributed by atoms with E-state index < -0.39 is 0 Å². The van der Waals surface area contributed by atoms with Crippen LogP contribution in [-0.2, 0) is 9.59 Å². The summed E-state index contributed by atoms with van der Waals surface area (Å²) in [5, 5.41) is 0. The summed E-state index contributed by atoms with van der Waals surface area (Å²) < 4.78 is 0. The number of nitrogens with zero attached hydrogens (tertiary/aromatic N) is 2. The summed E-state index contributed by atoms with van der Waals surface area (Å²) in [7, 11) is 0. The molecule has 4 heteroatoms. The van der Waals surface area contributed by atoms with Gasteiger partial charge in [0.25, 0.3) is 5.91 Å². The first-order chi connectivity index (χ1) is 11.0. The molecule has 0 fully saturated rings. The van der Waals surface area contributed by atoms with Gasteiger partial charge in [0, 0.05) is 31.8 Å². The van der Waals surface area contributed by atoms with Crippen LogP contribution in [0.5, 0.6) is 0 Å². The topological polar surface area (TPSA) is 40.6 Å². The van der Waals surface area contributed by atoms with Crippen LogP contribution >= 0.6 is 0 Å². The molecule has 0 radical (unpaired) electrons. The molecule has 0 bridgehead atoms. The summed E-state index contributed by atoms with van der Waals surface area (Å²) in [5.74, 6) is -0.159. The fraction of sp³-hybridized carbons (Fsp3) is 0.474. The molecule has 0 aliphatic carbocycles. The molecule has 0 saturated carbocycles. The van der Waals surface area contributed by atoms with Crippen LogP contribution in [0, 0.1) is 0 Å². The minimum absolute atomic E-state index is 0.0747. The maximum absolute atomic E-state index is 12.9. The van der Waals surface area contributed by atoms with Crippen LogP contribution in [0.15, 0.2) is 35.9 Å². The molecule has 1 rings (SSSR count). The van der Waals surface area contributed by atoms with Crippen LogP contribution in [-0.4, -0.2) is 47.8 Å². The summed E-state index contributed by atoms with van der Waals surface area (Å²) in [6.45, 7) is 12.1. The highest BCUT2D eigenvalue weighted by Gasteiger charge is 2.24. The summed E-state index contributed by atoms with van der Waals surface area (Å²) >= 11 is 0. The van der Waals surface area contributed by atoms with Crippen molar-refractivity contribution in [1.29, 1.82) is 0 Å². The van der Waals surface area contributed by atoms with Crippen LogP contribution in [0.25, 0.3) is 5.57 Å². The Morgan fingerprint density at radius 2 is 1.22 bits per heavy atom. The van der Waals surface area contributed by atoms with Crippen molar-refractivity contribution in [3.63, 3.8) is 0 Å². The molecule has 1 aromatic rings. The fourth-order valence-electron chi connectivity index (χ4n) is 2.63. The molecule has 23 heavy (non-hydrogen) atoms. The predicted molar refractivity (Wildman–Crippen MR) is 94.9 cm³/mol. The highest BCUT2D eigenvalue weighted by molar-refractivity contribution is 6.25. The monoisotopic (exact) mass is 316 g/mol. The van der Waals surface area contributed by atoms with Gasteiger partial charge in [-0.1, -0.05) is 30.3 Å². The van der Waals surface area contributed by atoms with Crippen molar-refractivity contribution in [3.05, 3.63) is 41.5 Å². The fourth-order valence-corrected chi connectivity index (χ4v) is 2.63. The van der Waals surface area contributed by atoms with E-state index in [0.717, 1.165) is 5.56 Å². The van der Waals surface area contributed by atoms with Gasteiger partial charge in [0.2, 0.25) is 5.91 Å². The van der Waals surface area contributed by atoms with E-state index >= 15 is 0 Å². The SMILES string of the molecule is CCN(CC)C(=O)/C(C)=C(\C(=O)N(CC)CC)c1ccccc1. The average molecular weight is 316 g/mol. The lowest BCUT2D eigenvalue weighted by molar-refractivity contribution is -0.128. The van der Waals surface area contributed by atoms with Gasteiger partial charge in [-0.25, -0.2) is 0 Å². The minimum Gasteiger partial charge on any atom is -0.339 e. The van der Waals surface area contributed by atoms with Crippen molar-refractivity contribution in [3.8, 4) is 0 Å². The zero-order chi connectivity index (χ0) is 17.4. The van der Waals surface area contributed by atoms with E-state index in [9.17, 15) is 9.59 Å². The van der Waals surface area contributed by atoms with Crippen LogP contribution in [0.1, 0.15) is 40.2 Å². The molecule has 0 aliphatic heterocycles. The zero-order valence-corrected chi connectivity index (χ0v) is 14.9. The Bertz CT molecular complexity index is 556. The zero-order valence-electron chi connectivity index (χ0n) is 14.9. The van der Waals surface area contributed by atoms with Gasteiger partial charge < -0.3 is 9.80 Å². The Morgan fingerprint density at radius 3 is 1.65 bits per heavy atom. The second-order valence-corrected chi connectivity index (χ2v) is 5.32. The van der Waals surface area contributed by atoms with Gasteiger partial charge in [-0.15, -0.1) is 0 Å². The number of carbonyl (C=O) groups excluding carboxylic acids is 2. The van der Waals surface area contributed by atoms with E-state index in [1.807, 2.05) is 58.0 Å². The normalized spacial score (nSPS) is 11.7. The Hall–Kier alpha value is -2.10. The second kappa shape index (κ2) is 9.13. The number of amides is 2. The molecule has 0 atom stereocenters. The summed E-state index contributed by atoms with van der Waals surface area (Å²) in [4.78, 5) is 29.2. The van der Waals surface area contributed by atoms with Crippen molar-refractivity contribution < 1.29 is 9.59 Å². The van der Waals surface area contributed by atoms with Crippen molar-refractivity contribution in [2.24, 2.45) is 0 Å². The van der Waals surface area contributed by atoms with E-state index in [1.54, 1.807) is 16.7 Å². The Balaban J connectivity index is 3.42. The van der Waals surface area contributed by atoms with E-state index in [0.29, 0.717) is 37.3 Å². The van der Waals surface area contributed by atoms with Crippen LogP contribution < -0.4 is 0 Å². The number of carbonyl (C=O) groups is 2. The van der Waals surface area contributed by atoms with Gasteiger partial charge in [0.05, 0.1) is 5.57 Å². The quantitative estimate of drug-likeness (QED) is 0.725. The van der Waals surface area contributed by atoms with Gasteiger partial charge in [-0.05, 0) is 40.2 Å². The van der Waals surface area contributed by atoms with Crippen molar-refractivity contribution in [2.75, 3.05) is 26.2 Å². The van der Waals surface area contributed by atoms with E-state index in [4.69, 9.17) is 0 Å². The molecule has 2 amide bonds. The first-order valence-electron chi connectivity index (χ1n) is 8.36. The lowest BCUT2D eigenvalue weighted by Crippen LogP contribution is -2.35. The van der Waals surface area contributed by atoms with E-state index in [2.05, 4.69) is 0 Å². The molecule has 4 nitrogen and oxygen atoms in total. The molecular formula is C19H28N2O2. The van der Waals surface area contributed by atoms with Crippen molar-refractivity contribution in [1.82, 2.24) is 9.80 Å². The standard InChI is InChI=1S/C19H28N2O2/c1-6-20(7-2)18(22)15(5)17(16-13-11-10-12-14-16)19(23)21(8-3)9-4/h10-14H,6-9H2,1-5H3/b17-15-. The largest absolute Gasteiger partial charge is 0.339 e. The Morgan fingerprint density at radius 1 is 0.783 bits per heavy atom. The van der Waals surface area contributed by atoms with Crippen LogP contribution in [0.4, 0.5) is 0 Å². The second-order valence-electron chi connectivity index (χ2n) is 5.32. The smallest absolute Gasteiger partial charge is 0.254 e. The van der Waals surface area contributed by atoms with Crippen LogP contribution in [0.3, 0.4) is 0 Å². The van der Waals surface area contributed by atoms with Gasteiger partial charge in [0.15, 0.2) is 0 Å². The van der Waals surface area contributed by atoms with Gasteiger partial charge >= 0.3 is 0 Å². The van der Waals surface area contributed by atoms with E-state index in [1.165, 1.54) is 0 Å². The number of benzene rings is 1. The number of rotatable bonds is 7. The molecule has 0 aromatic heterocycles. The number of hydrogen-bond acceptors (Lipinski definition) is 2. The lowest BCUT2D eigenvalue weighted by atomic mass is 9.98. The highest BCUT2D eigenvalue weighted by atomic mass is 16.2. The summed E-state index contributed by atoms with van der Waals surface area (Å²) in [6.07, 6.45) is 0. The van der Waals surface area contributed by atoms with Crippen LogP contribution in [0.2, 0.25) is 0 Å². The first kappa shape index (κ1) is 18.9. The maximum atomic E-state index is 12.9. The molecule has 0 heterocycles. The highest BCUT2D eigenvalue weighted by Crippen LogP contribution is 2.23. The van der Waals surface area contributed by atoms with Gasteiger partial charge in [-0.3, -0.25) is 9.59 Å². The third kappa shape index (κ3) is 4.44. The maximum Gasteiger partial charge on any atom is 0.254 e. The van der Waals surface area contributed by atoms with Gasteiger partial charge in [0.1, 0.15) is 0 Å². The minimum atomic E-state index is -0.0841. The van der Waals surface area contributed by atoms with Crippen molar-refractivity contribution in [2.45, 2.75) is 34.6 Å². The molecule has 0 N–H and O–H groups in total. The molecule has 0 saturated heterocycles. The third-order valence-corrected chi connectivity index (χ3v) is 4.07.